The van der Waals surface area contributed by atoms with Gasteiger partial charge in [0.25, 0.3) is 10.0 Å². The molecule has 0 atom stereocenters. The summed E-state index contributed by atoms with van der Waals surface area (Å²) in [5, 5.41) is 8.91. The molecule has 0 radical (unpaired) electrons. The first-order valence-electron chi connectivity index (χ1n) is 6.26. The maximum atomic E-state index is 12.7. The molecule has 0 saturated heterocycles. The van der Waals surface area contributed by atoms with Gasteiger partial charge >= 0.3 is 5.97 Å². The van der Waals surface area contributed by atoms with Gasteiger partial charge in [-0.15, -0.1) is 0 Å². The first-order chi connectivity index (χ1) is 10.4. The molecular weight excluding hydrogens is 312 g/mol. The van der Waals surface area contributed by atoms with Gasteiger partial charge in [-0.3, -0.25) is 4.31 Å². The van der Waals surface area contributed by atoms with E-state index in [1.807, 2.05) is 0 Å². The van der Waals surface area contributed by atoms with Crippen LogP contribution in [0.1, 0.15) is 10.4 Å². The van der Waals surface area contributed by atoms with E-state index in [-0.39, 0.29) is 35.3 Å². The van der Waals surface area contributed by atoms with Crippen molar-refractivity contribution in [3.8, 4) is 5.88 Å². The number of pyridine rings is 1. The molecule has 116 valence electrons. The molecule has 0 bridgehead atoms. The maximum Gasteiger partial charge on any atom is 0.337 e. The van der Waals surface area contributed by atoms with Gasteiger partial charge in [-0.05, 0) is 6.07 Å². The molecule has 1 aliphatic rings. The lowest BCUT2D eigenvalue weighted by molar-refractivity contribution is 0.0696. The summed E-state index contributed by atoms with van der Waals surface area (Å²) in [5.74, 6) is -1.12. The monoisotopic (exact) mass is 324 g/mol. The normalized spacial score (nSPS) is 14.3. The van der Waals surface area contributed by atoms with E-state index < -0.39 is 16.0 Å². The molecule has 10 heteroatoms. The Bertz CT molecular complexity index is 845. The average Bonchev–Trinajstić information content (AvgIpc) is 2.93. The van der Waals surface area contributed by atoms with Gasteiger partial charge in [0.15, 0.2) is 5.03 Å². The Morgan fingerprint density at radius 3 is 2.82 bits per heavy atom. The van der Waals surface area contributed by atoms with Crippen LogP contribution in [0.3, 0.4) is 0 Å². The van der Waals surface area contributed by atoms with Crippen molar-refractivity contribution in [1.29, 1.82) is 0 Å². The van der Waals surface area contributed by atoms with Crippen molar-refractivity contribution in [2.45, 2.75) is 5.03 Å². The minimum Gasteiger partial charge on any atom is -0.478 e. The fourth-order valence-corrected chi connectivity index (χ4v) is 3.49. The summed E-state index contributed by atoms with van der Waals surface area (Å²) in [6.07, 6.45) is 3.87. The second kappa shape index (κ2) is 4.98. The molecule has 3 rings (SSSR count). The van der Waals surface area contributed by atoms with Crippen molar-refractivity contribution in [2.24, 2.45) is 7.05 Å². The van der Waals surface area contributed by atoms with Crippen molar-refractivity contribution >= 4 is 21.7 Å². The van der Waals surface area contributed by atoms with Gasteiger partial charge in [-0.1, -0.05) is 0 Å². The van der Waals surface area contributed by atoms with E-state index in [2.05, 4.69) is 9.97 Å². The Morgan fingerprint density at radius 2 is 2.18 bits per heavy atom. The molecule has 0 spiro atoms. The first-order valence-corrected chi connectivity index (χ1v) is 7.70. The summed E-state index contributed by atoms with van der Waals surface area (Å²) in [4.78, 5) is 18.8. The number of aryl methyl sites for hydroxylation is 1. The number of hydrogen-bond acceptors (Lipinski definition) is 6. The minimum absolute atomic E-state index is 0.0522. The van der Waals surface area contributed by atoms with Gasteiger partial charge in [0.05, 0.1) is 18.4 Å². The highest BCUT2D eigenvalue weighted by molar-refractivity contribution is 7.92. The predicted octanol–water partition coefficient (Wildman–Crippen LogP) is 0.101. The smallest absolute Gasteiger partial charge is 0.337 e. The highest BCUT2D eigenvalue weighted by Gasteiger charge is 2.33. The quantitative estimate of drug-likeness (QED) is 0.851. The highest BCUT2D eigenvalue weighted by atomic mass is 32.2. The van der Waals surface area contributed by atoms with Crippen LogP contribution in [-0.4, -0.2) is 47.2 Å². The van der Waals surface area contributed by atoms with Crippen LogP contribution >= 0.6 is 0 Å². The molecule has 0 aliphatic carbocycles. The van der Waals surface area contributed by atoms with Crippen molar-refractivity contribution in [3.05, 3.63) is 30.4 Å². The van der Waals surface area contributed by atoms with Gasteiger partial charge in [0, 0.05) is 19.4 Å². The second-order valence-corrected chi connectivity index (χ2v) is 6.47. The summed E-state index contributed by atoms with van der Waals surface area (Å²) in [7, 11) is -2.25. The number of sulfonamides is 1. The molecular formula is C12H12N4O5S. The number of ether oxygens (including phenoxy) is 1. The lowest BCUT2D eigenvalue weighted by Gasteiger charge is -2.28. The minimum atomic E-state index is -3.91. The number of anilines is 1. The lowest BCUT2D eigenvalue weighted by atomic mass is 10.2. The Morgan fingerprint density at radius 1 is 1.41 bits per heavy atom. The molecule has 0 aromatic carbocycles. The molecule has 0 saturated carbocycles. The van der Waals surface area contributed by atoms with Crippen molar-refractivity contribution in [3.63, 3.8) is 0 Å². The number of imidazole rings is 1. The number of carbonyl (C=O) groups is 1. The molecule has 0 unspecified atom stereocenters. The third-order valence-corrected chi connectivity index (χ3v) is 4.82. The molecule has 0 fully saturated rings. The van der Waals surface area contributed by atoms with Crippen LogP contribution in [0.15, 0.2) is 29.8 Å². The number of aromatic carboxylic acids is 1. The van der Waals surface area contributed by atoms with E-state index in [0.717, 1.165) is 10.5 Å². The Balaban J connectivity index is 2.11. The third kappa shape index (κ3) is 2.26. The second-order valence-electron chi connectivity index (χ2n) is 4.66. The van der Waals surface area contributed by atoms with E-state index in [0.29, 0.717) is 0 Å². The molecule has 0 amide bonds. The Labute approximate surface area is 125 Å². The summed E-state index contributed by atoms with van der Waals surface area (Å²) >= 11 is 0. The summed E-state index contributed by atoms with van der Waals surface area (Å²) in [5.41, 5.74) is -0.0257. The van der Waals surface area contributed by atoms with Gasteiger partial charge in [0.1, 0.15) is 12.3 Å². The Kier molecular flexibility index (Phi) is 3.24. The number of nitrogens with zero attached hydrogens (tertiary/aromatic N) is 4. The van der Waals surface area contributed by atoms with Crippen LogP contribution in [0, 0.1) is 0 Å². The van der Waals surface area contributed by atoms with Crippen molar-refractivity contribution < 1.29 is 23.1 Å². The number of carboxylic acid groups (broad SMARTS) is 1. The molecule has 22 heavy (non-hydrogen) atoms. The maximum absolute atomic E-state index is 12.7. The van der Waals surface area contributed by atoms with Crippen LogP contribution in [-0.2, 0) is 17.1 Å². The molecule has 2 aromatic rings. The number of carboxylic acids is 1. The summed E-state index contributed by atoms with van der Waals surface area (Å²) in [6.45, 7) is 0.176. The predicted molar refractivity (Wildman–Crippen MR) is 74.4 cm³/mol. The van der Waals surface area contributed by atoms with Crippen molar-refractivity contribution in [1.82, 2.24) is 14.5 Å². The number of aromatic nitrogens is 3. The van der Waals surface area contributed by atoms with Crippen LogP contribution in [0.2, 0.25) is 0 Å². The topological polar surface area (TPSA) is 115 Å². The van der Waals surface area contributed by atoms with Crippen LogP contribution in [0.25, 0.3) is 0 Å². The molecule has 1 N–H and O–H groups in total. The van der Waals surface area contributed by atoms with Gasteiger partial charge in [0.2, 0.25) is 5.88 Å². The van der Waals surface area contributed by atoms with Crippen LogP contribution in [0.4, 0.5) is 5.69 Å². The SMILES string of the molecule is Cn1cnc(S(=O)(=O)N2CCOc3ncc(C(=O)O)cc32)c1. The zero-order valence-electron chi connectivity index (χ0n) is 11.5. The van der Waals surface area contributed by atoms with E-state index in [1.54, 1.807) is 7.05 Å². The molecule has 9 nitrogen and oxygen atoms in total. The zero-order valence-corrected chi connectivity index (χ0v) is 12.3. The average molecular weight is 324 g/mol. The van der Waals surface area contributed by atoms with Crippen molar-refractivity contribution in [2.75, 3.05) is 17.5 Å². The fraction of sp³-hybridized carbons (Fsp3) is 0.250. The molecule has 3 heterocycles. The lowest BCUT2D eigenvalue weighted by Crippen LogP contribution is -2.38. The van der Waals surface area contributed by atoms with Crippen LogP contribution in [0.5, 0.6) is 5.88 Å². The van der Waals surface area contributed by atoms with E-state index in [9.17, 15) is 13.2 Å². The fourth-order valence-electron chi connectivity index (χ4n) is 2.08. The highest BCUT2D eigenvalue weighted by Crippen LogP contribution is 2.33. The zero-order chi connectivity index (χ0) is 15.9. The van der Waals surface area contributed by atoms with Gasteiger partial charge in [-0.2, -0.15) is 8.42 Å². The molecule has 2 aromatic heterocycles. The van der Waals surface area contributed by atoms with Gasteiger partial charge < -0.3 is 14.4 Å². The van der Waals surface area contributed by atoms with Crippen LogP contribution < -0.4 is 9.04 Å². The standard InChI is InChI=1S/C12H12N4O5S/c1-15-6-10(14-7-15)22(19,20)16-2-3-21-11-9(16)4-8(5-13-11)12(17)18/h4-7H,2-3H2,1H3,(H,17,18). The molecule has 1 aliphatic heterocycles. The van der Waals surface area contributed by atoms with E-state index in [1.165, 1.54) is 23.2 Å². The summed E-state index contributed by atoms with van der Waals surface area (Å²) < 4.78 is 33.2. The van der Waals surface area contributed by atoms with E-state index >= 15 is 0 Å². The first kappa shape index (κ1) is 14.3. The van der Waals surface area contributed by atoms with E-state index in [4.69, 9.17) is 9.84 Å². The largest absolute Gasteiger partial charge is 0.478 e. The number of rotatable bonds is 3. The Hall–Kier alpha value is -2.62. The summed E-state index contributed by atoms with van der Waals surface area (Å²) in [6, 6.07) is 1.23. The number of fused-ring (bicyclic) bond motifs is 1. The third-order valence-electron chi connectivity index (χ3n) is 3.12. The van der Waals surface area contributed by atoms with Gasteiger partial charge in [-0.25, -0.2) is 14.8 Å². The number of hydrogen-bond donors (Lipinski definition) is 1.